The summed E-state index contributed by atoms with van der Waals surface area (Å²) in [7, 11) is 0. The number of rotatable bonds is 3. The molecule has 0 aliphatic heterocycles. The fourth-order valence-electron chi connectivity index (χ4n) is 1.25. The summed E-state index contributed by atoms with van der Waals surface area (Å²) in [4.78, 5) is 22.3. The largest absolute Gasteiger partial charge is 0.475 e. The first-order valence-electron chi connectivity index (χ1n) is 4.94. The lowest BCUT2D eigenvalue weighted by Gasteiger charge is -2.03. The van der Waals surface area contributed by atoms with Crippen molar-refractivity contribution in [2.24, 2.45) is 0 Å². The molecule has 6 nitrogen and oxygen atoms in total. The second kappa shape index (κ2) is 5.19. The van der Waals surface area contributed by atoms with Crippen molar-refractivity contribution in [2.45, 2.75) is 0 Å². The van der Waals surface area contributed by atoms with E-state index in [4.69, 9.17) is 5.11 Å². The first-order chi connectivity index (χ1) is 8.97. The SMILES string of the molecule is O=C(Nc1ccc(F)c(Br)c1)c1cc(C(=O)O)on1. The fourth-order valence-corrected chi connectivity index (χ4v) is 1.63. The Labute approximate surface area is 114 Å². The second-order valence-corrected chi connectivity index (χ2v) is 4.32. The number of hydrogen-bond donors (Lipinski definition) is 2. The molecule has 1 aromatic heterocycles. The van der Waals surface area contributed by atoms with Crippen LogP contribution in [-0.2, 0) is 0 Å². The normalized spacial score (nSPS) is 10.2. The van der Waals surface area contributed by atoms with Gasteiger partial charge in [-0.25, -0.2) is 9.18 Å². The van der Waals surface area contributed by atoms with Gasteiger partial charge in [-0.1, -0.05) is 5.16 Å². The van der Waals surface area contributed by atoms with Gasteiger partial charge in [-0.2, -0.15) is 0 Å². The molecule has 2 N–H and O–H groups in total. The predicted molar refractivity (Wildman–Crippen MR) is 65.5 cm³/mol. The van der Waals surface area contributed by atoms with Crippen LogP contribution in [0, 0.1) is 5.82 Å². The van der Waals surface area contributed by atoms with Crippen LogP contribution in [0.15, 0.2) is 33.3 Å². The summed E-state index contributed by atoms with van der Waals surface area (Å²) in [5.74, 6) is -2.89. The van der Waals surface area contributed by atoms with Crippen LogP contribution >= 0.6 is 15.9 Å². The molecule has 1 amide bonds. The minimum atomic E-state index is -1.32. The standard InChI is InChI=1S/C11H6BrFN2O4/c12-6-3-5(1-2-7(6)13)14-10(16)8-4-9(11(17)18)19-15-8/h1-4H,(H,14,16)(H,17,18). The third kappa shape index (κ3) is 2.97. The van der Waals surface area contributed by atoms with Crippen molar-refractivity contribution in [3.63, 3.8) is 0 Å². The van der Waals surface area contributed by atoms with Gasteiger partial charge in [-0.15, -0.1) is 0 Å². The zero-order chi connectivity index (χ0) is 14.0. The Bertz CT molecular complexity index is 656. The first kappa shape index (κ1) is 13.2. The van der Waals surface area contributed by atoms with Crippen LogP contribution in [0.4, 0.5) is 10.1 Å². The highest BCUT2D eigenvalue weighted by atomic mass is 79.9. The van der Waals surface area contributed by atoms with Gasteiger partial charge >= 0.3 is 5.97 Å². The summed E-state index contributed by atoms with van der Waals surface area (Å²) >= 11 is 2.98. The summed E-state index contributed by atoms with van der Waals surface area (Å²) in [5, 5.41) is 14.4. The molecule has 0 unspecified atom stereocenters. The second-order valence-electron chi connectivity index (χ2n) is 3.46. The van der Waals surface area contributed by atoms with Crippen LogP contribution in [0.3, 0.4) is 0 Å². The molecule has 0 atom stereocenters. The highest BCUT2D eigenvalue weighted by Gasteiger charge is 2.16. The van der Waals surface area contributed by atoms with E-state index in [1.54, 1.807) is 0 Å². The maximum atomic E-state index is 13.0. The summed E-state index contributed by atoms with van der Waals surface area (Å²) in [6.45, 7) is 0. The predicted octanol–water partition coefficient (Wildman–Crippen LogP) is 2.53. The fraction of sp³-hybridized carbons (Fsp3) is 0. The molecule has 0 aliphatic carbocycles. The van der Waals surface area contributed by atoms with Gasteiger partial charge in [0.05, 0.1) is 4.47 Å². The van der Waals surface area contributed by atoms with Crippen molar-refractivity contribution in [1.82, 2.24) is 5.16 Å². The minimum Gasteiger partial charge on any atom is -0.475 e. The number of carboxylic acid groups (broad SMARTS) is 1. The highest BCUT2D eigenvalue weighted by Crippen LogP contribution is 2.20. The molecule has 0 bridgehead atoms. The van der Waals surface area contributed by atoms with Crippen LogP contribution < -0.4 is 5.32 Å². The zero-order valence-electron chi connectivity index (χ0n) is 9.18. The Morgan fingerprint density at radius 2 is 2.11 bits per heavy atom. The van der Waals surface area contributed by atoms with Gasteiger partial charge in [0.2, 0.25) is 5.76 Å². The third-order valence-corrected chi connectivity index (χ3v) is 2.74. The molecule has 1 aromatic carbocycles. The molecule has 8 heteroatoms. The molecule has 1 heterocycles. The number of benzene rings is 1. The monoisotopic (exact) mass is 328 g/mol. The van der Waals surface area contributed by atoms with Crippen LogP contribution in [0.5, 0.6) is 0 Å². The maximum absolute atomic E-state index is 13.0. The number of anilines is 1. The Morgan fingerprint density at radius 3 is 2.68 bits per heavy atom. The number of hydrogen-bond acceptors (Lipinski definition) is 4. The molecule has 0 aliphatic rings. The molecule has 0 fully saturated rings. The van der Waals surface area contributed by atoms with Crippen LogP contribution in [-0.4, -0.2) is 22.1 Å². The lowest BCUT2D eigenvalue weighted by atomic mass is 10.3. The lowest BCUT2D eigenvalue weighted by Crippen LogP contribution is -2.12. The molecule has 98 valence electrons. The van der Waals surface area contributed by atoms with Gasteiger partial charge in [0.25, 0.3) is 5.91 Å². The molecule has 0 saturated heterocycles. The molecule has 19 heavy (non-hydrogen) atoms. The number of carbonyl (C=O) groups is 2. The van der Waals surface area contributed by atoms with E-state index in [1.807, 2.05) is 0 Å². The van der Waals surface area contributed by atoms with E-state index in [2.05, 4.69) is 30.9 Å². The number of carboxylic acids is 1. The van der Waals surface area contributed by atoms with Crippen molar-refractivity contribution in [3.8, 4) is 0 Å². The molecular formula is C11H6BrFN2O4. The molecule has 2 rings (SSSR count). The Balaban J connectivity index is 2.15. The quantitative estimate of drug-likeness (QED) is 0.903. The van der Waals surface area contributed by atoms with E-state index in [0.29, 0.717) is 5.69 Å². The summed E-state index contributed by atoms with van der Waals surface area (Å²) in [5.41, 5.74) is 0.149. The third-order valence-electron chi connectivity index (χ3n) is 2.13. The number of carbonyl (C=O) groups excluding carboxylic acids is 1. The summed E-state index contributed by atoms with van der Waals surface area (Å²) in [6.07, 6.45) is 0. The van der Waals surface area contributed by atoms with Gasteiger partial charge in [0.15, 0.2) is 5.69 Å². The van der Waals surface area contributed by atoms with Crippen LogP contribution in [0.1, 0.15) is 21.0 Å². The number of halogens is 2. The number of nitrogens with one attached hydrogen (secondary N) is 1. The summed E-state index contributed by atoms with van der Waals surface area (Å²) < 4.78 is 17.6. The molecule has 0 radical (unpaired) electrons. The van der Waals surface area contributed by atoms with Gasteiger partial charge in [-0.05, 0) is 34.1 Å². The number of nitrogens with zero attached hydrogens (tertiary/aromatic N) is 1. The van der Waals surface area contributed by atoms with Gasteiger partial charge < -0.3 is 14.9 Å². The van der Waals surface area contributed by atoms with E-state index >= 15 is 0 Å². The molecule has 2 aromatic rings. The van der Waals surface area contributed by atoms with Gasteiger partial charge in [-0.3, -0.25) is 4.79 Å². The maximum Gasteiger partial charge on any atom is 0.374 e. The van der Waals surface area contributed by atoms with Crippen LogP contribution in [0.25, 0.3) is 0 Å². The lowest BCUT2D eigenvalue weighted by molar-refractivity contribution is 0.0651. The van der Waals surface area contributed by atoms with Crippen molar-refractivity contribution in [1.29, 1.82) is 0 Å². The molecule has 0 saturated carbocycles. The average molecular weight is 329 g/mol. The number of amides is 1. The molecule has 0 spiro atoms. The van der Waals surface area contributed by atoms with E-state index in [9.17, 15) is 14.0 Å². The van der Waals surface area contributed by atoms with E-state index in [0.717, 1.165) is 6.07 Å². The van der Waals surface area contributed by atoms with Crippen molar-refractivity contribution in [3.05, 3.63) is 46.0 Å². The van der Waals surface area contributed by atoms with E-state index < -0.39 is 23.5 Å². The van der Waals surface area contributed by atoms with Crippen LogP contribution in [0.2, 0.25) is 0 Å². The first-order valence-corrected chi connectivity index (χ1v) is 5.73. The Hall–Kier alpha value is -2.22. The highest BCUT2D eigenvalue weighted by molar-refractivity contribution is 9.10. The van der Waals surface area contributed by atoms with Gasteiger partial charge in [0.1, 0.15) is 5.82 Å². The van der Waals surface area contributed by atoms with Gasteiger partial charge in [0, 0.05) is 11.8 Å². The van der Waals surface area contributed by atoms with Crippen molar-refractivity contribution >= 4 is 33.5 Å². The Kier molecular flexibility index (Phi) is 3.61. The zero-order valence-corrected chi connectivity index (χ0v) is 10.8. The smallest absolute Gasteiger partial charge is 0.374 e. The summed E-state index contributed by atoms with van der Waals surface area (Å²) in [6, 6.07) is 4.89. The van der Waals surface area contributed by atoms with Crippen molar-refractivity contribution < 1.29 is 23.6 Å². The Morgan fingerprint density at radius 1 is 1.37 bits per heavy atom. The number of aromatic nitrogens is 1. The topological polar surface area (TPSA) is 92.4 Å². The average Bonchev–Trinajstić information content (AvgIpc) is 2.83. The minimum absolute atomic E-state index is 0.183. The van der Waals surface area contributed by atoms with Crippen molar-refractivity contribution in [2.75, 3.05) is 5.32 Å². The van der Waals surface area contributed by atoms with E-state index in [1.165, 1.54) is 18.2 Å². The van der Waals surface area contributed by atoms with E-state index in [-0.39, 0.29) is 10.2 Å². The number of aromatic carboxylic acids is 1. The molecular weight excluding hydrogens is 323 g/mol.